The van der Waals surface area contributed by atoms with Crippen LogP contribution in [0, 0.1) is 0 Å². The van der Waals surface area contributed by atoms with Crippen LogP contribution in [0.25, 0.3) is 60.9 Å². The van der Waals surface area contributed by atoms with Gasteiger partial charge >= 0.3 is 0 Å². The van der Waals surface area contributed by atoms with Crippen molar-refractivity contribution in [3.8, 4) is 33.8 Å². The monoisotopic (exact) mass is 697 g/mol. The highest BCUT2D eigenvalue weighted by Gasteiger charge is 2.28. The highest BCUT2D eigenvalue weighted by Crippen LogP contribution is 2.38. The van der Waals surface area contributed by atoms with E-state index in [9.17, 15) is 0 Å². The molecule has 2 aliphatic carbocycles. The predicted octanol–water partition coefficient (Wildman–Crippen LogP) is 12.3. The standard InChI is InChI=1S/C49H35N3S/c1-2-10-32(11-3-1)33-18-22-35(23-19-33)45-31-46(51-48(50-45)37-26-28-38(29-27-37)49-52-44-16-8-9-17-47(44)53-49)36-24-20-34(21-25-36)43-30-39-12-4-5-13-40(39)41-14-6-7-15-42(41)43/h1-18,20-31,33,44,47H,19H2. The largest absolute Gasteiger partial charge is 0.269 e. The lowest BCUT2D eigenvalue weighted by atomic mass is 9.89. The number of aliphatic imine (C=N–C) groups is 1. The van der Waals surface area contributed by atoms with Gasteiger partial charge in [0.25, 0.3) is 0 Å². The maximum absolute atomic E-state index is 5.19. The van der Waals surface area contributed by atoms with Gasteiger partial charge in [-0.3, -0.25) is 4.99 Å². The van der Waals surface area contributed by atoms with Gasteiger partial charge in [-0.1, -0.05) is 182 Å². The van der Waals surface area contributed by atoms with Gasteiger partial charge in [-0.25, -0.2) is 9.97 Å². The molecule has 3 unspecified atom stereocenters. The molecular weight excluding hydrogens is 663 g/mol. The molecule has 252 valence electrons. The average molecular weight is 698 g/mol. The zero-order valence-electron chi connectivity index (χ0n) is 29.0. The minimum atomic E-state index is 0.215. The highest BCUT2D eigenvalue weighted by molar-refractivity contribution is 8.15. The number of hydrogen-bond donors (Lipinski definition) is 0. The Bertz CT molecular complexity index is 2670. The Labute approximate surface area is 313 Å². The number of fused-ring (bicyclic) bond motifs is 4. The fourth-order valence-electron chi connectivity index (χ4n) is 7.74. The smallest absolute Gasteiger partial charge is 0.160 e. The Morgan fingerprint density at radius 1 is 0.547 bits per heavy atom. The predicted molar refractivity (Wildman–Crippen MR) is 224 cm³/mol. The summed E-state index contributed by atoms with van der Waals surface area (Å²) < 4.78 is 0. The van der Waals surface area contributed by atoms with E-state index in [-0.39, 0.29) is 6.04 Å². The van der Waals surface area contributed by atoms with Crippen molar-refractivity contribution in [3.63, 3.8) is 0 Å². The zero-order chi connectivity index (χ0) is 35.1. The van der Waals surface area contributed by atoms with Gasteiger partial charge in [0.2, 0.25) is 0 Å². The van der Waals surface area contributed by atoms with Crippen LogP contribution >= 0.6 is 11.8 Å². The first-order valence-corrected chi connectivity index (χ1v) is 19.2. The molecule has 0 N–H and O–H groups in total. The van der Waals surface area contributed by atoms with Crippen molar-refractivity contribution >= 4 is 43.9 Å². The Kier molecular flexibility index (Phi) is 8.03. The summed E-state index contributed by atoms with van der Waals surface area (Å²) in [4.78, 5) is 15.4. The first-order chi connectivity index (χ1) is 26.2. The van der Waals surface area contributed by atoms with Crippen LogP contribution in [0.4, 0.5) is 0 Å². The van der Waals surface area contributed by atoms with E-state index in [0.717, 1.165) is 45.1 Å². The molecule has 2 heterocycles. The normalized spacial score (nSPS) is 19.0. The summed E-state index contributed by atoms with van der Waals surface area (Å²) in [5.41, 5.74) is 9.88. The zero-order valence-corrected chi connectivity index (χ0v) is 29.8. The van der Waals surface area contributed by atoms with Crippen LogP contribution in [-0.4, -0.2) is 26.3 Å². The molecular formula is C49H35N3S. The minimum Gasteiger partial charge on any atom is -0.269 e. The van der Waals surface area contributed by atoms with Crippen LogP contribution in [0.1, 0.15) is 29.2 Å². The van der Waals surface area contributed by atoms with Crippen molar-refractivity contribution in [1.29, 1.82) is 0 Å². The van der Waals surface area contributed by atoms with Crippen molar-refractivity contribution in [3.05, 3.63) is 199 Å². The molecule has 3 aliphatic rings. The summed E-state index contributed by atoms with van der Waals surface area (Å²) in [5.74, 6) is 1.08. The Hall–Kier alpha value is -6.10. The first kappa shape index (κ1) is 31.6. The van der Waals surface area contributed by atoms with Crippen LogP contribution in [0.15, 0.2) is 187 Å². The van der Waals surface area contributed by atoms with E-state index in [0.29, 0.717) is 17.0 Å². The van der Waals surface area contributed by atoms with Gasteiger partial charge in [-0.2, -0.15) is 0 Å². The molecule has 0 spiro atoms. The molecule has 0 fully saturated rings. The second kappa shape index (κ2) is 13.5. The molecule has 6 aromatic carbocycles. The molecule has 1 aliphatic heterocycles. The van der Waals surface area contributed by atoms with Gasteiger partial charge in [0.15, 0.2) is 5.82 Å². The maximum Gasteiger partial charge on any atom is 0.160 e. The van der Waals surface area contributed by atoms with Crippen LogP contribution in [-0.2, 0) is 0 Å². The van der Waals surface area contributed by atoms with E-state index in [1.165, 1.54) is 38.2 Å². The Balaban J connectivity index is 1.02. The van der Waals surface area contributed by atoms with E-state index in [1.54, 1.807) is 0 Å². The fraction of sp³-hybridized carbons (Fsp3) is 0.0816. The van der Waals surface area contributed by atoms with E-state index in [4.69, 9.17) is 15.0 Å². The molecule has 0 radical (unpaired) electrons. The summed E-state index contributed by atoms with van der Waals surface area (Å²) in [6.07, 6.45) is 16.4. The van der Waals surface area contributed by atoms with Gasteiger partial charge in [0, 0.05) is 22.6 Å². The molecule has 0 saturated carbocycles. The number of rotatable bonds is 6. The van der Waals surface area contributed by atoms with Crippen molar-refractivity contribution in [2.24, 2.45) is 4.99 Å². The summed E-state index contributed by atoms with van der Waals surface area (Å²) >= 11 is 1.83. The molecule has 0 saturated heterocycles. The molecule has 1 aromatic heterocycles. The van der Waals surface area contributed by atoms with Crippen molar-refractivity contribution in [2.45, 2.75) is 23.6 Å². The van der Waals surface area contributed by atoms with Gasteiger partial charge < -0.3 is 0 Å². The van der Waals surface area contributed by atoms with Gasteiger partial charge in [0.05, 0.1) is 27.7 Å². The minimum absolute atomic E-state index is 0.215. The SMILES string of the molecule is C1=CC2N=C(c3ccc(-c4nc(C5=CCC(c6ccccc6)C=C5)cc(-c5ccc(-c6cc7ccccc7c7ccccc67)cc5)n4)cc3)SC2C=C1. The number of benzene rings is 6. The molecule has 4 heteroatoms. The number of allylic oxidation sites excluding steroid dienone is 6. The van der Waals surface area contributed by atoms with Gasteiger partial charge in [-0.15, -0.1) is 0 Å². The summed E-state index contributed by atoms with van der Waals surface area (Å²) in [6, 6.07) is 50.2. The number of aromatic nitrogens is 2. The quantitative estimate of drug-likeness (QED) is 0.162. The lowest BCUT2D eigenvalue weighted by Crippen LogP contribution is -2.13. The summed E-state index contributed by atoms with van der Waals surface area (Å²) in [5, 5.41) is 6.52. The highest BCUT2D eigenvalue weighted by atomic mass is 32.2. The molecule has 10 rings (SSSR count). The summed E-state index contributed by atoms with van der Waals surface area (Å²) in [7, 11) is 0. The maximum atomic E-state index is 5.19. The average Bonchev–Trinajstić information content (AvgIpc) is 3.68. The van der Waals surface area contributed by atoms with E-state index in [1.807, 2.05) is 11.8 Å². The van der Waals surface area contributed by atoms with Gasteiger partial charge in [0.1, 0.15) is 0 Å². The van der Waals surface area contributed by atoms with Crippen LogP contribution in [0.5, 0.6) is 0 Å². The van der Waals surface area contributed by atoms with Crippen LogP contribution in [0.2, 0.25) is 0 Å². The molecule has 7 aromatic rings. The molecule has 3 nitrogen and oxygen atoms in total. The lowest BCUT2D eigenvalue weighted by Gasteiger charge is -2.17. The second-order valence-corrected chi connectivity index (χ2v) is 15.0. The molecule has 0 bridgehead atoms. The number of thioether (sulfide) groups is 1. The molecule has 3 atom stereocenters. The second-order valence-electron chi connectivity index (χ2n) is 13.9. The van der Waals surface area contributed by atoms with Gasteiger partial charge in [-0.05, 0) is 62.4 Å². The van der Waals surface area contributed by atoms with Crippen molar-refractivity contribution in [1.82, 2.24) is 9.97 Å². The van der Waals surface area contributed by atoms with E-state index in [2.05, 4.69) is 182 Å². The molecule has 53 heavy (non-hydrogen) atoms. The third kappa shape index (κ3) is 6.05. The van der Waals surface area contributed by atoms with Crippen molar-refractivity contribution < 1.29 is 0 Å². The van der Waals surface area contributed by atoms with Crippen molar-refractivity contribution in [2.75, 3.05) is 0 Å². The third-order valence-electron chi connectivity index (χ3n) is 10.6. The van der Waals surface area contributed by atoms with Crippen LogP contribution in [0.3, 0.4) is 0 Å². The summed E-state index contributed by atoms with van der Waals surface area (Å²) in [6.45, 7) is 0. The van der Waals surface area contributed by atoms with Crippen LogP contribution < -0.4 is 0 Å². The first-order valence-electron chi connectivity index (χ1n) is 18.3. The topological polar surface area (TPSA) is 38.1 Å². The Morgan fingerprint density at radius 3 is 2.02 bits per heavy atom. The van der Waals surface area contributed by atoms with E-state index < -0.39 is 0 Å². The van der Waals surface area contributed by atoms with E-state index >= 15 is 0 Å². The number of hydrogen-bond acceptors (Lipinski definition) is 4. The molecule has 0 amide bonds. The lowest BCUT2D eigenvalue weighted by molar-refractivity contribution is 0.855. The third-order valence-corrected chi connectivity index (χ3v) is 11.8. The number of nitrogens with zero attached hydrogens (tertiary/aromatic N) is 3. The fourth-order valence-corrected chi connectivity index (χ4v) is 8.92. The Morgan fingerprint density at radius 2 is 1.23 bits per heavy atom.